The number of ether oxygens (including phenoxy) is 1. The van der Waals surface area contributed by atoms with E-state index in [1.54, 1.807) is 0 Å². The fourth-order valence-corrected chi connectivity index (χ4v) is 2.01. The first-order chi connectivity index (χ1) is 7.88. The van der Waals surface area contributed by atoms with Crippen molar-refractivity contribution in [2.24, 2.45) is 5.73 Å². The van der Waals surface area contributed by atoms with E-state index in [4.69, 9.17) is 10.5 Å². The molecule has 1 unspecified atom stereocenters. The van der Waals surface area contributed by atoms with Gasteiger partial charge in [0.15, 0.2) is 0 Å². The monoisotopic (exact) mass is 299 g/mol. The van der Waals surface area contributed by atoms with Crippen LogP contribution in [0, 0.1) is 0 Å². The summed E-state index contributed by atoms with van der Waals surface area (Å²) in [7, 11) is 0. The molecule has 2 N–H and O–H groups in total. The van der Waals surface area contributed by atoms with Gasteiger partial charge in [0.2, 0.25) is 0 Å². The number of halogens is 1. The van der Waals surface area contributed by atoms with Crippen LogP contribution in [-0.2, 0) is 11.2 Å². The molecule has 0 saturated heterocycles. The molecule has 0 fully saturated rings. The second-order valence-corrected chi connectivity index (χ2v) is 6.16. The summed E-state index contributed by atoms with van der Waals surface area (Å²) in [5, 5.41) is 0. The number of hydrogen-bond acceptors (Lipinski definition) is 2. The number of nitrogens with two attached hydrogens (primary N) is 1. The Morgan fingerprint density at radius 2 is 1.94 bits per heavy atom. The van der Waals surface area contributed by atoms with Gasteiger partial charge in [0.1, 0.15) is 0 Å². The van der Waals surface area contributed by atoms with Crippen molar-refractivity contribution >= 4 is 15.9 Å². The van der Waals surface area contributed by atoms with E-state index >= 15 is 0 Å². The first-order valence-corrected chi connectivity index (χ1v) is 6.81. The van der Waals surface area contributed by atoms with Crippen molar-refractivity contribution in [1.29, 1.82) is 0 Å². The predicted octanol–water partition coefficient (Wildman–Crippen LogP) is 3.52. The summed E-state index contributed by atoms with van der Waals surface area (Å²) in [6, 6.07) is 8.36. The smallest absolute Gasteiger partial charge is 0.0598 e. The zero-order valence-electron chi connectivity index (χ0n) is 10.9. The zero-order chi connectivity index (χ0) is 12.9. The van der Waals surface area contributed by atoms with Gasteiger partial charge in [-0.1, -0.05) is 34.1 Å². The summed E-state index contributed by atoms with van der Waals surface area (Å²) in [5.74, 6) is 0. The van der Waals surface area contributed by atoms with Crippen molar-refractivity contribution in [2.75, 3.05) is 6.61 Å². The van der Waals surface area contributed by atoms with Gasteiger partial charge in [-0.25, -0.2) is 0 Å². The average Bonchev–Trinajstić information content (AvgIpc) is 2.19. The van der Waals surface area contributed by atoms with Crippen molar-refractivity contribution in [1.82, 2.24) is 0 Å². The largest absolute Gasteiger partial charge is 0.376 e. The van der Waals surface area contributed by atoms with E-state index in [1.165, 1.54) is 5.56 Å². The zero-order valence-corrected chi connectivity index (χ0v) is 12.5. The molecule has 0 radical (unpaired) electrons. The highest BCUT2D eigenvalue weighted by atomic mass is 79.9. The van der Waals surface area contributed by atoms with E-state index in [9.17, 15) is 0 Å². The maximum absolute atomic E-state index is 6.10. The average molecular weight is 300 g/mol. The van der Waals surface area contributed by atoms with Gasteiger partial charge < -0.3 is 10.5 Å². The molecule has 3 heteroatoms. The lowest BCUT2D eigenvalue weighted by atomic mass is 10.0. The van der Waals surface area contributed by atoms with Gasteiger partial charge in [-0.15, -0.1) is 0 Å². The molecular weight excluding hydrogens is 278 g/mol. The second kappa shape index (κ2) is 6.53. The fraction of sp³-hybridized carbons (Fsp3) is 0.571. The van der Waals surface area contributed by atoms with Crippen LogP contribution in [0.2, 0.25) is 0 Å². The third kappa shape index (κ3) is 6.20. The predicted molar refractivity (Wildman–Crippen MR) is 76.1 cm³/mol. The van der Waals surface area contributed by atoms with Gasteiger partial charge in [0, 0.05) is 17.1 Å². The molecule has 17 heavy (non-hydrogen) atoms. The topological polar surface area (TPSA) is 35.2 Å². The van der Waals surface area contributed by atoms with Crippen LogP contribution >= 0.6 is 15.9 Å². The van der Waals surface area contributed by atoms with E-state index in [1.807, 2.05) is 18.2 Å². The van der Waals surface area contributed by atoms with Gasteiger partial charge in [0.25, 0.3) is 0 Å². The van der Waals surface area contributed by atoms with E-state index in [2.05, 4.69) is 42.8 Å². The van der Waals surface area contributed by atoms with E-state index in [0.29, 0.717) is 0 Å². The van der Waals surface area contributed by atoms with Crippen molar-refractivity contribution in [3.8, 4) is 0 Å². The van der Waals surface area contributed by atoms with Crippen LogP contribution in [0.15, 0.2) is 28.7 Å². The van der Waals surface area contributed by atoms with E-state index in [-0.39, 0.29) is 11.6 Å². The first kappa shape index (κ1) is 14.7. The summed E-state index contributed by atoms with van der Waals surface area (Å²) < 4.78 is 6.81. The SMILES string of the molecule is CC(C)(C)OCCC(N)Cc1ccccc1Br. The Bertz CT molecular complexity index is 346. The molecule has 0 bridgehead atoms. The van der Waals surface area contributed by atoms with Crippen LogP contribution in [-0.4, -0.2) is 18.2 Å². The Hall–Kier alpha value is -0.380. The molecule has 0 heterocycles. The van der Waals surface area contributed by atoms with Crippen LogP contribution < -0.4 is 5.73 Å². The van der Waals surface area contributed by atoms with Gasteiger partial charge in [-0.2, -0.15) is 0 Å². The summed E-state index contributed by atoms with van der Waals surface area (Å²) in [5.41, 5.74) is 7.29. The van der Waals surface area contributed by atoms with Crippen LogP contribution in [0.25, 0.3) is 0 Å². The molecule has 0 aliphatic rings. The van der Waals surface area contributed by atoms with Gasteiger partial charge >= 0.3 is 0 Å². The van der Waals surface area contributed by atoms with Crippen molar-refractivity contribution in [3.63, 3.8) is 0 Å². The van der Waals surface area contributed by atoms with Gasteiger partial charge in [-0.05, 0) is 45.2 Å². The van der Waals surface area contributed by atoms with Crippen LogP contribution in [0.3, 0.4) is 0 Å². The highest BCUT2D eigenvalue weighted by Crippen LogP contribution is 2.18. The number of hydrogen-bond donors (Lipinski definition) is 1. The summed E-state index contributed by atoms with van der Waals surface area (Å²) in [6.07, 6.45) is 1.77. The highest BCUT2D eigenvalue weighted by molar-refractivity contribution is 9.10. The molecule has 0 amide bonds. The standard InChI is InChI=1S/C14H22BrNO/c1-14(2,3)17-9-8-12(16)10-11-6-4-5-7-13(11)15/h4-7,12H,8-10,16H2,1-3H3. The Morgan fingerprint density at radius 1 is 1.29 bits per heavy atom. The maximum Gasteiger partial charge on any atom is 0.0598 e. The van der Waals surface area contributed by atoms with E-state index < -0.39 is 0 Å². The Kier molecular flexibility index (Phi) is 5.63. The molecule has 0 saturated carbocycles. The molecule has 96 valence electrons. The molecule has 1 atom stereocenters. The number of benzene rings is 1. The van der Waals surface area contributed by atoms with Gasteiger partial charge in [-0.3, -0.25) is 0 Å². The van der Waals surface area contributed by atoms with Crippen molar-refractivity contribution in [2.45, 2.75) is 45.3 Å². The summed E-state index contributed by atoms with van der Waals surface area (Å²) in [4.78, 5) is 0. The minimum absolute atomic E-state index is 0.0763. The van der Waals surface area contributed by atoms with Crippen LogP contribution in [0.4, 0.5) is 0 Å². The third-order valence-corrected chi connectivity index (χ3v) is 3.24. The normalized spacial score (nSPS) is 13.7. The lowest BCUT2D eigenvalue weighted by Crippen LogP contribution is -2.28. The molecule has 1 aromatic carbocycles. The van der Waals surface area contributed by atoms with Crippen molar-refractivity contribution in [3.05, 3.63) is 34.3 Å². The molecule has 0 aliphatic carbocycles. The molecule has 1 aromatic rings. The van der Waals surface area contributed by atoms with Crippen LogP contribution in [0.5, 0.6) is 0 Å². The fourth-order valence-electron chi connectivity index (χ4n) is 1.56. The minimum atomic E-state index is -0.0763. The third-order valence-electron chi connectivity index (χ3n) is 2.46. The quantitative estimate of drug-likeness (QED) is 0.903. The summed E-state index contributed by atoms with van der Waals surface area (Å²) in [6.45, 7) is 6.90. The van der Waals surface area contributed by atoms with Crippen molar-refractivity contribution < 1.29 is 4.74 Å². The highest BCUT2D eigenvalue weighted by Gasteiger charge is 2.12. The first-order valence-electron chi connectivity index (χ1n) is 6.01. The Balaban J connectivity index is 2.35. The molecule has 0 aromatic heterocycles. The Labute approximate surface area is 113 Å². The Morgan fingerprint density at radius 3 is 2.53 bits per heavy atom. The molecule has 0 aliphatic heterocycles. The second-order valence-electron chi connectivity index (χ2n) is 5.31. The molecular formula is C14H22BrNO. The lowest BCUT2D eigenvalue weighted by molar-refractivity contribution is -0.00595. The van der Waals surface area contributed by atoms with Gasteiger partial charge in [0.05, 0.1) is 5.60 Å². The lowest BCUT2D eigenvalue weighted by Gasteiger charge is -2.21. The van der Waals surface area contributed by atoms with Crippen LogP contribution in [0.1, 0.15) is 32.8 Å². The molecule has 0 spiro atoms. The van der Waals surface area contributed by atoms with E-state index in [0.717, 1.165) is 23.9 Å². The summed E-state index contributed by atoms with van der Waals surface area (Å²) >= 11 is 3.54. The molecule has 1 rings (SSSR count). The molecule has 2 nitrogen and oxygen atoms in total. The number of rotatable bonds is 5. The minimum Gasteiger partial charge on any atom is -0.376 e. The maximum atomic E-state index is 6.10.